The number of nitrogens with one attached hydrogen (secondary N) is 2. The predicted octanol–water partition coefficient (Wildman–Crippen LogP) is 0.811. The van der Waals surface area contributed by atoms with E-state index in [-0.39, 0.29) is 36.4 Å². The second-order valence-electron chi connectivity index (χ2n) is 7.33. The van der Waals surface area contributed by atoms with Crippen LogP contribution in [0.15, 0.2) is 36.5 Å². The predicted molar refractivity (Wildman–Crippen MR) is 110 cm³/mol. The number of imide groups is 2. The van der Waals surface area contributed by atoms with Crippen molar-refractivity contribution in [2.45, 2.75) is 32.4 Å². The van der Waals surface area contributed by atoms with Crippen LogP contribution in [0.3, 0.4) is 0 Å². The number of aromatic nitrogens is 1. The molecule has 1 saturated heterocycles. The third-order valence-electron chi connectivity index (χ3n) is 5.25. The van der Waals surface area contributed by atoms with Crippen molar-refractivity contribution < 1.29 is 28.7 Å². The van der Waals surface area contributed by atoms with Crippen molar-refractivity contribution in [3.05, 3.63) is 58.8 Å². The van der Waals surface area contributed by atoms with Crippen molar-refractivity contribution in [2.24, 2.45) is 0 Å². The van der Waals surface area contributed by atoms with E-state index in [1.54, 1.807) is 18.2 Å². The molecule has 10 nitrogen and oxygen atoms in total. The molecule has 0 spiro atoms. The van der Waals surface area contributed by atoms with Crippen molar-refractivity contribution in [3.63, 3.8) is 0 Å². The number of hydrogen-bond donors (Lipinski definition) is 2. The Morgan fingerprint density at radius 2 is 1.94 bits per heavy atom. The van der Waals surface area contributed by atoms with Crippen LogP contribution in [-0.4, -0.2) is 52.1 Å². The first-order valence-electron chi connectivity index (χ1n) is 10.1. The number of rotatable bonds is 6. The average Bonchev–Trinajstić information content (AvgIpc) is 3.03. The largest absolute Gasteiger partial charge is 0.478 e. The zero-order valence-electron chi connectivity index (χ0n) is 17.2. The Morgan fingerprint density at radius 3 is 2.62 bits per heavy atom. The van der Waals surface area contributed by atoms with E-state index in [1.807, 2.05) is 6.92 Å². The molecule has 2 N–H and O–H groups in total. The summed E-state index contributed by atoms with van der Waals surface area (Å²) in [6.07, 6.45) is 1.56. The van der Waals surface area contributed by atoms with Gasteiger partial charge in [-0.25, -0.2) is 4.98 Å². The van der Waals surface area contributed by atoms with Gasteiger partial charge in [0.25, 0.3) is 17.7 Å². The highest BCUT2D eigenvalue weighted by Gasteiger charge is 2.44. The molecule has 0 saturated carbocycles. The smallest absolute Gasteiger partial charge is 0.262 e. The number of carbonyl (C=O) groups excluding carboxylic acids is 5. The van der Waals surface area contributed by atoms with E-state index in [0.717, 1.165) is 4.90 Å². The minimum atomic E-state index is -1.02. The van der Waals surface area contributed by atoms with Crippen LogP contribution in [0.1, 0.15) is 56.4 Å². The molecule has 32 heavy (non-hydrogen) atoms. The lowest BCUT2D eigenvalue weighted by molar-refractivity contribution is -0.136. The average molecular weight is 436 g/mol. The van der Waals surface area contributed by atoms with E-state index < -0.39 is 29.7 Å². The Morgan fingerprint density at radius 1 is 1.16 bits per heavy atom. The van der Waals surface area contributed by atoms with E-state index >= 15 is 0 Å². The van der Waals surface area contributed by atoms with E-state index in [4.69, 9.17) is 4.74 Å². The topological polar surface area (TPSA) is 135 Å². The van der Waals surface area contributed by atoms with Crippen LogP contribution in [0, 0.1) is 0 Å². The van der Waals surface area contributed by atoms with Crippen molar-refractivity contribution >= 4 is 29.5 Å². The van der Waals surface area contributed by atoms with Gasteiger partial charge in [0, 0.05) is 25.2 Å². The molecule has 1 aromatic carbocycles. The summed E-state index contributed by atoms with van der Waals surface area (Å²) in [7, 11) is 0. The summed E-state index contributed by atoms with van der Waals surface area (Å²) in [5.74, 6) is -2.19. The molecule has 1 unspecified atom stereocenters. The van der Waals surface area contributed by atoms with Gasteiger partial charge in [-0.05, 0) is 37.1 Å². The first-order valence-corrected chi connectivity index (χ1v) is 10.1. The van der Waals surface area contributed by atoms with Crippen molar-refractivity contribution in [2.75, 3.05) is 6.61 Å². The lowest BCUT2D eigenvalue weighted by Gasteiger charge is -2.27. The lowest BCUT2D eigenvalue weighted by Crippen LogP contribution is -2.54. The summed E-state index contributed by atoms with van der Waals surface area (Å²) in [5, 5.41) is 4.90. The van der Waals surface area contributed by atoms with Gasteiger partial charge in [0.05, 0.1) is 23.3 Å². The van der Waals surface area contributed by atoms with Crippen LogP contribution in [0.5, 0.6) is 5.88 Å². The second-order valence-corrected chi connectivity index (χ2v) is 7.33. The minimum Gasteiger partial charge on any atom is -0.478 e. The Bertz CT molecular complexity index is 1130. The number of hydrogen-bond acceptors (Lipinski definition) is 7. The van der Waals surface area contributed by atoms with Gasteiger partial charge in [-0.3, -0.25) is 34.2 Å². The number of piperidine rings is 1. The van der Waals surface area contributed by atoms with Crippen LogP contribution >= 0.6 is 0 Å². The summed E-state index contributed by atoms with van der Waals surface area (Å²) in [5.41, 5.74) is 1.31. The summed E-state index contributed by atoms with van der Waals surface area (Å²) in [4.78, 5) is 66.4. The summed E-state index contributed by atoms with van der Waals surface area (Å²) < 4.78 is 5.25. The molecule has 164 valence electrons. The third-order valence-corrected chi connectivity index (χ3v) is 5.25. The summed E-state index contributed by atoms with van der Waals surface area (Å²) in [6.45, 7) is 2.43. The number of ether oxygens (including phenoxy) is 1. The van der Waals surface area contributed by atoms with Crippen LogP contribution in [-0.2, 0) is 16.1 Å². The van der Waals surface area contributed by atoms with Crippen LogP contribution in [0.2, 0.25) is 0 Å². The molecule has 0 bridgehead atoms. The SMILES string of the molecule is CCOc1ccc(C(=O)NCc2ccc3c(c2)C(=O)N(C2CCC(=O)NC2=O)C3=O)cn1. The normalized spacial score (nSPS) is 17.8. The van der Waals surface area contributed by atoms with Gasteiger partial charge < -0.3 is 10.1 Å². The second kappa shape index (κ2) is 8.58. The molecular formula is C22H20N4O6. The number of pyridine rings is 1. The maximum Gasteiger partial charge on any atom is 0.262 e. The van der Waals surface area contributed by atoms with E-state index in [9.17, 15) is 24.0 Å². The van der Waals surface area contributed by atoms with Gasteiger partial charge >= 0.3 is 0 Å². The Labute approximate surface area is 182 Å². The Balaban J connectivity index is 1.45. The van der Waals surface area contributed by atoms with Gasteiger partial charge in [0.2, 0.25) is 17.7 Å². The lowest BCUT2D eigenvalue weighted by atomic mass is 10.0. The number of benzene rings is 1. The highest BCUT2D eigenvalue weighted by molar-refractivity contribution is 6.23. The first kappa shape index (κ1) is 21.2. The quantitative estimate of drug-likeness (QED) is 0.640. The fraction of sp³-hybridized carbons (Fsp3) is 0.273. The molecular weight excluding hydrogens is 416 g/mol. The van der Waals surface area contributed by atoms with Crippen molar-refractivity contribution in [3.8, 4) is 5.88 Å². The van der Waals surface area contributed by atoms with Gasteiger partial charge in [-0.15, -0.1) is 0 Å². The zero-order valence-corrected chi connectivity index (χ0v) is 17.2. The standard InChI is InChI=1S/C22H20N4O6/c1-2-32-18-8-4-13(11-23-18)19(28)24-10-12-3-5-14-15(9-12)22(31)26(21(14)30)16-6-7-17(27)25-20(16)29/h3-5,8-9,11,16H,2,6-7,10H2,1H3,(H,24,28)(H,25,27,29). The molecule has 1 atom stereocenters. The molecule has 0 radical (unpaired) electrons. The first-order chi connectivity index (χ1) is 15.4. The van der Waals surface area contributed by atoms with Gasteiger partial charge in [-0.2, -0.15) is 0 Å². The molecule has 2 aliphatic heterocycles. The number of carbonyl (C=O) groups is 5. The molecule has 2 aliphatic rings. The number of nitrogens with zero attached hydrogens (tertiary/aromatic N) is 2. The minimum absolute atomic E-state index is 0.0570. The fourth-order valence-corrected chi connectivity index (χ4v) is 3.66. The molecule has 0 aliphatic carbocycles. The summed E-state index contributed by atoms with van der Waals surface area (Å²) >= 11 is 0. The van der Waals surface area contributed by atoms with E-state index in [2.05, 4.69) is 15.6 Å². The monoisotopic (exact) mass is 436 g/mol. The molecule has 5 amide bonds. The molecule has 3 heterocycles. The molecule has 4 rings (SSSR count). The van der Waals surface area contributed by atoms with Crippen molar-refractivity contribution in [1.82, 2.24) is 20.5 Å². The van der Waals surface area contributed by atoms with E-state index in [0.29, 0.717) is 23.6 Å². The highest BCUT2D eigenvalue weighted by atomic mass is 16.5. The fourth-order valence-electron chi connectivity index (χ4n) is 3.66. The maximum absolute atomic E-state index is 12.9. The highest BCUT2D eigenvalue weighted by Crippen LogP contribution is 2.28. The van der Waals surface area contributed by atoms with Gasteiger partial charge in [0.1, 0.15) is 6.04 Å². The molecule has 10 heteroatoms. The van der Waals surface area contributed by atoms with Gasteiger partial charge in [-0.1, -0.05) is 6.07 Å². The van der Waals surface area contributed by atoms with Crippen LogP contribution < -0.4 is 15.4 Å². The summed E-state index contributed by atoms with van der Waals surface area (Å²) in [6, 6.07) is 6.83. The van der Waals surface area contributed by atoms with E-state index in [1.165, 1.54) is 18.3 Å². The van der Waals surface area contributed by atoms with Gasteiger partial charge in [0.15, 0.2) is 0 Å². The molecule has 1 aromatic heterocycles. The maximum atomic E-state index is 12.9. The van der Waals surface area contributed by atoms with Crippen molar-refractivity contribution in [1.29, 1.82) is 0 Å². The number of amides is 5. The Hall–Kier alpha value is -4.08. The number of fused-ring (bicyclic) bond motifs is 1. The van der Waals surface area contributed by atoms with Crippen LogP contribution in [0.4, 0.5) is 0 Å². The molecule has 2 aromatic rings. The Kier molecular flexibility index (Phi) is 5.67. The van der Waals surface area contributed by atoms with Crippen LogP contribution in [0.25, 0.3) is 0 Å². The third kappa shape index (κ3) is 3.94. The molecule has 1 fully saturated rings. The zero-order chi connectivity index (χ0) is 22.8.